The van der Waals surface area contributed by atoms with Crippen molar-refractivity contribution in [3.8, 4) is 0 Å². The number of H-pyrrole nitrogens is 1. The van der Waals surface area contributed by atoms with Gasteiger partial charge in [0.15, 0.2) is 5.82 Å². The van der Waals surface area contributed by atoms with Gasteiger partial charge in [-0.2, -0.15) is 0 Å². The highest BCUT2D eigenvalue weighted by Crippen LogP contribution is 2.26. The number of carbonyl (C=O) groups is 2. The Labute approximate surface area is 145 Å². The van der Waals surface area contributed by atoms with Gasteiger partial charge in [-0.15, -0.1) is 0 Å². The molecule has 134 valence electrons. The van der Waals surface area contributed by atoms with E-state index in [1.807, 2.05) is 0 Å². The lowest BCUT2D eigenvalue weighted by molar-refractivity contribution is -0.127. The van der Waals surface area contributed by atoms with Crippen LogP contribution in [0.1, 0.15) is 39.4 Å². The second-order valence-corrected chi connectivity index (χ2v) is 7.60. The zero-order chi connectivity index (χ0) is 18.2. The van der Waals surface area contributed by atoms with Gasteiger partial charge in [0.1, 0.15) is 17.4 Å². The fraction of sp³-hybridized carbons (Fsp3) is 0.500. The van der Waals surface area contributed by atoms with Gasteiger partial charge in [-0.3, -0.25) is 9.59 Å². The zero-order valence-electron chi connectivity index (χ0n) is 14.6. The number of amides is 2. The number of nitrogens with one attached hydrogen (secondary N) is 3. The van der Waals surface area contributed by atoms with Crippen LogP contribution in [-0.4, -0.2) is 33.9 Å². The van der Waals surface area contributed by atoms with Gasteiger partial charge < -0.3 is 15.6 Å². The molecule has 1 fully saturated rings. The van der Waals surface area contributed by atoms with E-state index in [0.717, 1.165) is 0 Å². The van der Waals surface area contributed by atoms with E-state index < -0.39 is 6.04 Å². The van der Waals surface area contributed by atoms with Crippen molar-refractivity contribution in [2.45, 2.75) is 52.1 Å². The van der Waals surface area contributed by atoms with Gasteiger partial charge in [-0.25, -0.2) is 9.37 Å². The predicted molar refractivity (Wildman–Crippen MR) is 92.3 cm³/mol. The van der Waals surface area contributed by atoms with Gasteiger partial charge in [0.2, 0.25) is 11.8 Å². The average Bonchev–Trinajstić information content (AvgIpc) is 3.10. The number of para-hydroxylation sites is 1. The number of imidazole rings is 1. The number of hydrogen-bond acceptors (Lipinski definition) is 3. The number of rotatable bonds is 4. The lowest BCUT2D eigenvalue weighted by Crippen LogP contribution is -2.40. The molecule has 0 radical (unpaired) electrons. The molecule has 1 aliphatic rings. The molecule has 2 aromatic rings. The Balaban J connectivity index is 1.56. The van der Waals surface area contributed by atoms with Crippen LogP contribution in [0.2, 0.25) is 0 Å². The first kappa shape index (κ1) is 17.4. The van der Waals surface area contributed by atoms with Crippen molar-refractivity contribution >= 4 is 22.8 Å². The molecule has 0 aliphatic carbocycles. The fourth-order valence-electron chi connectivity index (χ4n) is 3.03. The standard InChI is InChI=1S/C18H23FN4O2/c1-18(2,3)13-9-12(17(25)22-13)21-15(24)8-7-14-20-11-6-4-5-10(19)16(11)23-14/h4-6,12-13H,7-9H2,1-3H3,(H,20,23)(H,21,24)(H,22,25)/t12-,13-/m0/s1. The summed E-state index contributed by atoms with van der Waals surface area (Å²) in [6, 6.07) is 4.25. The fourth-order valence-corrected chi connectivity index (χ4v) is 3.03. The number of carbonyl (C=O) groups excluding carboxylic acids is 2. The molecule has 3 N–H and O–H groups in total. The Hall–Kier alpha value is -2.44. The van der Waals surface area contributed by atoms with Crippen LogP contribution < -0.4 is 10.6 Å². The maximum absolute atomic E-state index is 13.6. The summed E-state index contributed by atoms with van der Waals surface area (Å²) in [5, 5.41) is 5.71. The number of fused-ring (bicyclic) bond motifs is 1. The third-order valence-electron chi connectivity index (χ3n) is 4.59. The van der Waals surface area contributed by atoms with Crippen LogP contribution in [0.5, 0.6) is 0 Å². The van der Waals surface area contributed by atoms with Crippen LogP contribution in [0.15, 0.2) is 18.2 Å². The molecule has 2 heterocycles. The van der Waals surface area contributed by atoms with Crippen LogP contribution >= 0.6 is 0 Å². The van der Waals surface area contributed by atoms with E-state index in [4.69, 9.17) is 0 Å². The van der Waals surface area contributed by atoms with E-state index in [1.165, 1.54) is 6.07 Å². The van der Waals surface area contributed by atoms with Gasteiger partial charge in [-0.1, -0.05) is 26.8 Å². The molecule has 1 aliphatic heterocycles. The van der Waals surface area contributed by atoms with E-state index >= 15 is 0 Å². The molecule has 25 heavy (non-hydrogen) atoms. The van der Waals surface area contributed by atoms with Gasteiger partial charge in [0.25, 0.3) is 0 Å². The van der Waals surface area contributed by atoms with E-state index in [1.54, 1.807) is 12.1 Å². The van der Waals surface area contributed by atoms with E-state index in [0.29, 0.717) is 24.2 Å². The van der Waals surface area contributed by atoms with Crippen LogP contribution in [-0.2, 0) is 16.0 Å². The first-order chi connectivity index (χ1) is 11.7. The van der Waals surface area contributed by atoms with Crippen molar-refractivity contribution in [2.75, 3.05) is 0 Å². The Morgan fingerprint density at radius 1 is 1.40 bits per heavy atom. The molecule has 0 saturated carbocycles. The first-order valence-electron chi connectivity index (χ1n) is 8.47. The van der Waals surface area contributed by atoms with Crippen LogP contribution in [0.25, 0.3) is 11.0 Å². The minimum absolute atomic E-state index is 0.0450. The summed E-state index contributed by atoms with van der Waals surface area (Å²) in [4.78, 5) is 31.4. The minimum Gasteiger partial charge on any atom is -0.351 e. The number of aryl methyl sites for hydroxylation is 1. The van der Waals surface area contributed by atoms with Crippen molar-refractivity contribution in [3.05, 3.63) is 29.8 Å². The molecule has 7 heteroatoms. The molecule has 2 atom stereocenters. The SMILES string of the molecule is CC(C)(C)[C@@H]1C[C@H](NC(=O)CCc2nc3c(F)cccc3[nH]2)C(=O)N1. The number of aromatic nitrogens is 2. The molecule has 0 unspecified atom stereocenters. The highest BCUT2D eigenvalue weighted by molar-refractivity contribution is 5.89. The monoisotopic (exact) mass is 346 g/mol. The number of hydrogen-bond donors (Lipinski definition) is 3. The number of benzene rings is 1. The van der Waals surface area contributed by atoms with Crippen molar-refractivity contribution in [1.29, 1.82) is 0 Å². The Morgan fingerprint density at radius 2 is 2.16 bits per heavy atom. The van der Waals surface area contributed by atoms with Crippen molar-refractivity contribution in [3.63, 3.8) is 0 Å². The molecule has 0 bridgehead atoms. The zero-order valence-corrected chi connectivity index (χ0v) is 14.6. The average molecular weight is 346 g/mol. The molecular weight excluding hydrogens is 323 g/mol. The molecule has 3 rings (SSSR count). The second-order valence-electron chi connectivity index (χ2n) is 7.60. The quantitative estimate of drug-likeness (QED) is 0.792. The smallest absolute Gasteiger partial charge is 0.242 e. The normalized spacial score (nSPS) is 20.7. The lowest BCUT2D eigenvalue weighted by atomic mass is 9.85. The van der Waals surface area contributed by atoms with Crippen molar-refractivity contribution < 1.29 is 14.0 Å². The van der Waals surface area contributed by atoms with Crippen LogP contribution in [0.3, 0.4) is 0 Å². The van der Waals surface area contributed by atoms with E-state index in [-0.39, 0.29) is 41.0 Å². The lowest BCUT2D eigenvalue weighted by Gasteiger charge is -2.26. The molecular formula is C18H23FN4O2. The second kappa shape index (κ2) is 6.46. The van der Waals surface area contributed by atoms with E-state index in [9.17, 15) is 14.0 Å². The maximum atomic E-state index is 13.6. The molecule has 1 saturated heterocycles. The Kier molecular flexibility index (Phi) is 4.49. The first-order valence-corrected chi connectivity index (χ1v) is 8.47. The molecule has 2 amide bonds. The Morgan fingerprint density at radius 3 is 2.80 bits per heavy atom. The number of aromatic amines is 1. The number of halogens is 1. The van der Waals surface area contributed by atoms with Gasteiger partial charge in [0, 0.05) is 18.9 Å². The summed E-state index contributed by atoms with van der Waals surface area (Å²) in [5.41, 5.74) is 0.840. The highest BCUT2D eigenvalue weighted by atomic mass is 19.1. The highest BCUT2D eigenvalue weighted by Gasteiger charge is 2.38. The minimum atomic E-state index is -0.496. The molecule has 0 spiro atoms. The maximum Gasteiger partial charge on any atom is 0.242 e. The Bertz CT molecular complexity index is 809. The van der Waals surface area contributed by atoms with Crippen molar-refractivity contribution in [2.24, 2.45) is 5.41 Å². The van der Waals surface area contributed by atoms with Gasteiger partial charge in [0.05, 0.1) is 5.52 Å². The van der Waals surface area contributed by atoms with Crippen LogP contribution in [0, 0.1) is 11.2 Å². The van der Waals surface area contributed by atoms with E-state index in [2.05, 4.69) is 41.4 Å². The largest absolute Gasteiger partial charge is 0.351 e. The summed E-state index contributed by atoms with van der Waals surface area (Å²) in [6.07, 6.45) is 1.13. The summed E-state index contributed by atoms with van der Waals surface area (Å²) in [6.45, 7) is 6.18. The molecule has 6 nitrogen and oxygen atoms in total. The van der Waals surface area contributed by atoms with Gasteiger partial charge >= 0.3 is 0 Å². The summed E-state index contributed by atoms with van der Waals surface area (Å²) in [7, 11) is 0. The number of nitrogens with zero attached hydrogens (tertiary/aromatic N) is 1. The van der Waals surface area contributed by atoms with Gasteiger partial charge in [-0.05, 0) is 24.0 Å². The third kappa shape index (κ3) is 3.81. The van der Waals surface area contributed by atoms with Crippen molar-refractivity contribution in [1.82, 2.24) is 20.6 Å². The van der Waals surface area contributed by atoms with Crippen LogP contribution in [0.4, 0.5) is 4.39 Å². The summed E-state index contributed by atoms with van der Waals surface area (Å²) >= 11 is 0. The summed E-state index contributed by atoms with van der Waals surface area (Å²) < 4.78 is 13.6. The molecule has 1 aromatic heterocycles. The summed E-state index contributed by atoms with van der Waals surface area (Å²) in [5.74, 6) is -0.186. The molecule has 1 aromatic carbocycles. The topological polar surface area (TPSA) is 86.9 Å². The third-order valence-corrected chi connectivity index (χ3v) is 4.59. The predicted octanol–water partition coefficient (Wildman–Crippen LogP) is 2.05.